The second-order valence-electron chi connectivity index (χ2n) is 6.81. The number of halogens is 1. The van der Waals surface area contributed by atoms with Crippen molar-refractivity contribution in [1.82, 2.24) is 9.62 Å². The molecule has 5 nitrogen and oxygen atoms in total. The summed E-state index contributed by atoms with van der Waals surface area (Å²) in [6, 6.07) is 12.9. The van der Waals surface area contributed by atoms with Crippen molar-refractivity contribution in [3.8, 4) is 0 Å². The molecule has 0 spiro atoms. The number of hydrogen-bond donors (Lipinski definition) is 1. The number of sulfonamides is 1. The molecule has 2 aromatic rings. The number of carbonyl (C=O) groups excluding carboxylic acids is 1. The summed E-state index contributed by atoms with van der Waals surface area (Å²) in [5, 5.41) is 3.03. The van der Waals surface area contributed by atoms with Crippen LogP contribution in [0, 0.1) is 5.92 Å². The van der Waals surface area contributed by atoms with Crippen LogP contribution in [0.5, 0.6) is 0 Å². The highest BCUT2D eigenvalue weighted by atomic mass is 35.5. The van der Waals surface area contributed by atoms with E-state index in [0.29, 0.717) is 36.7 Å². The van der Waals surface area contributed by atoms with Gasteiger partial charge in [0.2, 0.25) is 5.91 Å². The average molecular weight is 427 g/mol. The van der Waals surface area contributed by atoms with E-state index in [2.05, 4.69) is 5.32 Å². The lowest BCUT2D eigenvalue weighted by Gasteiger charge is -2.30. The third-order valence-electron chi connectivity index (χ3n) is 4.87. The summed E-state index contributed by atoms with van der Waals surface area (Å²) in [6.45, 7) is 2.84. The Hall–Kier alpha value is -1.41. The van der Waals surface area contributed by atoms with Crippen molar-refractivity contribution in [3.05, 3.63) is 52.4 Å². The molecule has 1 fully saturated rings. The fourth-order valence-corrected chi connectivity index (χ4v) is 6.41. The number of nitrogens with one attached hydrogen (secondary N) is 1. The standard InChI is InChI=1S/C19H23ClN2O3S2/c1-14(16-5-3-2-4-6-16)21-18(23)13-15-9-11-22(12-10-15)27(24,25)19-8-7-17(20)26-19/h2-8,14-15H,9-13H2,1H3,(H,21,23)/t14-/m0/s1. The van der Waals surface area contributed by atoms with Gasteiger partial charge in [0.15, 0.2) is 0 Å². The summed E-state index contributed by atoms with van der Waals surface area (Å²) in [7, 11) is -3.48. The molecule has 1 aliphatic heterocycles. The quantitative estimate of drug-likeness (QED) is 0.757. The Morgan fingerprint density at radius 2 is 1.89 bits per heavy atom. The van der Waals surface area contributed by atoms with Crippen molar-refractivity contribution in [3.63, 3.8) is 0 Å². The number of nitrogens with zero attached hydrogens (tertiary/aromatic N) is 1. The lowest BCUT2D eigenvalue weighted by molar-refractivity contribution is -0.122. The van der Waals surface area contributed by atoms with Crippen LogP contribution in [-0.4, -0.2) is 31.7 Å². The van der Waals surface area contributed by atoms with E-state index in [1.54, 1.807) is 12.1 Å². The Bertz CT molecular complexity index is 875. The highest BCUT2D eigenvalue weighted by molar-refractivity contribution is 7.91. The summed E-state index contributed by atoms with van der Waals surface area (Å²) in [5.41, 5.74) is 1.07. The zero-order valence-corrected chi connectivity index (χ0v) is 17.5. The zero-order chi connectivity index (χ0) is 19.4. The second kappa shape index (κ2) is 8.73. The van der Waals surface area contributed by atoms with Gasteiger partial charge in [0.25, 0.3) is 10.0 Å². The third kappa shape index (κ3) is 5.10. The largest absolute Gasteiger partial charge is 0.350 e. The van der Waals surface area contributed by atoms with Gasteiger partial charge in [-0.15, -0.1) is 11.3 Å². The Balaban J connectivity index is 1.50. The van der Waals surface area contributed by atoms with Crippen molar-refractivity contribution < 1.29 is 13.2 Å². The van der Waals surface area contributed by atoms with Crippen molar-refractivity contribution in [2.45, 2.75) is 36.4 Å². The maximum absolute atomic E-state index is 12.6. The zero-order valence-electron chi connectivity index (χ0n) is 15.1. The Kier molecular flexibility index (Phi) is 6.57. The summed E-state index contributed by atoms with van der Waals surface area (Å²) in [4.78, 5) is 12.3. The van der Waals surface area contributed by atoms with Gasteiger partial charge in [0.05, 0.1) is 10.4 Å². The molecule has 1 N–H and O–H groups in total. The third-order valence-corrected chi connectivity index (χ3v) is 8.46. The molecule has 1 aromatic carbocycles. The van der Waals surface area contributed by atoms with Crippen LogP contribution in [0.15, 0.2) is 46.7 Å². The van der Waals surface area contributed by atoms with Crippen LogP contribution < -0.4 is 5.32 Å². The van der Waals surface area contributed by atoms with Gasteiger partial charge in [-0.3, -0.25) is 4.79 Å². The van der Waals surface area contributed by atoms with Gasteiger partial charge in [-0.25, -0.2) is 8.42 Å². The Morgan fingerprint density at radius 1 is 1.22 bits per heavy atom. The van der Waals surface area contributed by atoms with Crippen LogP contribution >= 0.6 is 22.9 Å². The second-order valence-corrected chi connectivity index (χ2v) is 10.7. The predicted octanol–water partition coefficient (Wildman–Crippen LogP) is 4.07. The molecule has 1 atom stereocenters. The van der Waals surface area contributed by atoms with Crippen LogP contribution in [0.25, 0.3) is 0 Å². The van der Waals surface area contributed by atoms with E-state index in [1.165, 1.54) is 4.31 Å². The highest BCUT2D eigenvalue weighted by Crippen LogP contribution is 2.31. The molecule has 27 heavy (non-hydrogen) atoms. The summed E-state index contributed by atoms with van der Waals surface area (Å²) < 4.78 is 27.5. The Morgan fingerprint density at radius 3 is 2.48 bits per heavy atom. The van der Waals surface area contributed by atoms with E-state index >= 15 is 0 Å². The van der Waals surface area contributed by atoms with Crippen molar-refractivity contribution in [1.29, 1.82) is 0 Å². The van der Waals surface area contributed by atoms with Crippen LogP contribution in [0.1, 0.15) is 37.8 Å². The average Bonchev–Trinajstić information content (AvgIpc) is 3.10. The summed E-state index contributed by atoms with van der Waals surface area (Å²) in [6.07, 6.45) is 1.80. The minimum absolute atomic E-state index is 0.0118. The van der Waals surface area contributed by atoms with Gasteiger partial charge in [-0.2, -0.15) is 4.31 Å². The van der Waals surface area contributed by atoms with E-state index in [-0.39, 0.29) is 22.1 Å². The van der Waals surface area contributed by atoms with E-state index in [9.17, 15) is 13.2 Å². The molecule has 2 heterocycles. The topological polar surface area (TPSA) is 66.5 Å². The highest BCUT2D eigenvalue weighted by Gasteiger charge is 2.31. The molecule has 0 unspecified atom stereocenters. The van der Waals surface area contributed by atoms with Gasteiger partial charge in [0, 0.05) is 19.5 Å². The first-order valence-electron chi connectivity index (χ1n) is 8.96. The maximum atomic E-state index is 12.6. The molecule has 0 saturated carbocycles. The normalized spacial score (nSPS) is 17.6. The molecule has 1 saturated heterocycles. The Labute approximate surface area is 169 Å². The van der Waals surface area contributed by atoms with Crippen molar-refractivity contribution in [2.24, 2.45) is 5.92 Å². The molecule has 1 aromatic heterocycles. The molecule has 3 rings (SSSR count). The fraction of sp³-hybridized carbons (Fsp3) is 0.421. The molecule has 8 heteroatoms. The number of piperidine rings is 1. The van der Waals surface area contributed by atoms with Gasteiger partial charge in [-0.05, 0) is 43.4 Å². The molecule has 0 bridgehead atoms. The SMILES string of the molecule is C[C@H](NC(=O)CC1CCN(S(=O)(=O)c2ccc(Cl)s2)CC1)c1ccccc1. The summed E-state index contributed by atoms with van der Waals surface area (Å²) >= 11 is 6.94. The number of benzene rings is 1. The van der Waals surface area contributed by atoms with Gasteiger partial charge >= 0.3 is 0 Å². The van der Waals surface area contributed by atoms with Crippen LogP contribution in [0.4, 0.5) is 0 Å². The maximum Gasteiger partial charge on any atom is 0.252 e. The number of thiophene rings is 1. The summed E-state index contributed by atoms with van der Waals surface area (Å²) in [5.74, 6) is 0.212. The first kappa shape index (κ1) is 20.3. The van der Waals surface area contributed by atoms with E-state index in [1.807, 2.05) is 37.3 Å². The van der Waals surface area contributed by atoms with E-state index in [0.717, 1.165) is 16.9 Å². The van der Waals surface area contributed by atoms with Crippen LogP contribution in [0.2, 0.25) is 4.34 Å². The number of hydrogen-bond acceptors (Lipinski definition) is 4. The molecule has 146 valence electrons. The number of amides is 1. The van der Waals surface area contributed by atoms with Crippen molar-refractivity contribution >= 4 is 38.9 Å². The van der Waals surface area contributed by atoms with Crippen LogP contribution in [0.3, 0.4) is 0 Å². The van der Waals surface area contributed by atoms with Crippen molar-refractivity contribution in [2.75, 3.05) is 13.1 Å². The first-order valence-corrected chi connectivity index (χ1v) is 11.6. The molecule has 1 amide bonds. The molecule has 0 aliphatic carbocycles. The van der Waals surface area contributed by atoms with E-state index in [4.69, 9.17) is 11.6 Å². The van der Waals surface area contributed by atoms with Gasteiger partial charge < -0.3 is 5.32 Å². The molecule has 1 aliphatic rings. The molecule has 0 radical (unpaired) electrons. The fourth-order valence-electron chi connectivity index (χ4n) is 3.30. The lowest BCUT2D eigenvalue weighted by Crippen LogP contribution is -2.39. The first-order chi connectivity index (χ1) is 12.9. The van der Waals surface area contributed by atoms with Gasteiger partial charge in [-0.1, -0.05) is 41.9 Å². The molecular formula is C19H23ClN2O3S2. The van der Waals surface area contributed by atoms with Gasteiger partial charge in [0.1, 0.15) is 4.21 Å². The predicted molar refractivity (Wildman–Crippen MR) is 108 cm³/mol. The monoisotopic (exact) mass is 426 g/mol. The van der Waals surface area contributed by atoms with Crippen LogP contribution in [-0.2, 0) is 14.8 Å². The molecular weight excluding hydrogens is 404 g/mol. The number of rotatable bonds is 6. The minimum atomic E-state index is -3.48. The van der Waals surface area contributed by atoms with E-state index < -0.39 is 10.0 Å². The number of carbonyl (C=O) groups is 1. The lowest BCUT2D eigenvalue weighted by atomic mass is 9.94. The minimum Gasteiger partial charge on any atom is -0.350 e. The smallest absolute Gasteiger partial charge is 0.252 e.